The molecule has 0 heterocycles. The van der Waals surface area contributed by atoms with Crippen LogP contribution in [0.1, 0.15) is 27.2 Å². The first-order valence-corrected chi connectivity index (χ1v) is 3.58. The van der Waals surface area contributed by atoms with E-state index in [1.54, 1.807) is 0 Å². The topological polar surface area (TPSA) is 32.3 Å². The normalized spacial score (nSPS) is 14.3. The number of hydrogen-bond donors (Lipinski definition) is 2. The number of hydrogen-bond acceptors (Lipinski definition) is 2. The zero-order valence-corrected chi connectivity index (χ0v) is 6.52. The van der Waals surface area contributed by atoms with Gasteiger partial charge in [0.2, 0.25) is 0 Å². The second-order valence-corrected chi connectivity index (χ2v) is 2.63. The number of nitrogens with one attached hydrogen (secondary N) is 1. The second-order valence-electron chi connectivity index (χ2n) is 2.63. The molecular weight excluding hydrogens is 114 g/mol. The average Bonchev–Trinajstić information content (AvgIpc) is 1.83. The minimum atomic E-state index is -0.174. The smallest absolute Gasteiger partial charge is 0.0662 e. The number of rotatable bonds is 4. The Bertz CT molecular complexity index is 63.9. The minimum absolute atomic E-state index is 0.174. The molecule has 2 N–H and O–H groups in total. The molecule has 0 aromatic rings. The first-order valence-electron chi connectivity index (χ1n) is 3.58. The van der Waals surface area contributed by atoms with Gasteiger partial charge in [-0.15, -0.1) is 0 Å². The highest BCUT2D eigenvalue weighted by molar-refractivity contribution is 4.58. The molecule has 0 fully saturated rings. The maximum atomic E-state index is 9.04. The van der Waals surface area contributed by atoms with Crippen molar-refractivity contribution in [1.82, 2.24) is 5.32 Å². The summed E-state index contributed by atoms with van der Waals surface area (Å²) in [5.74, 6) is 0. The predicted molar refractivity (Wildman–Crippen MR) is 39.4 cm³/mol. The van der Waals surface area contributed by atoms with Crippen molar-refractivity contribution in [2.24, 2.45) is 0 Å². The predicted octanol–water partition coefficient (Wildman–Crippen LogP) is 0.755. The summed E-state index contributed by atoms with van der Waals surface area (Å²) in [5, 5.41) is 12.2. The SMILES string of the molecule is CC[C@H](O)CNC(C)C. The summed E-state index contributed by atoms with van der Waals surface area (Å²) in [6.07, 6.45) is 0.659. The van der Waals surface area contributed by atoms with Gasteiger partial charge >= 0.3 is 0 Å². The molecule has 0 aliphatic carbocycles. The van der Waals surface area contributed by atoms with Gasteiger partial charge in [-0.2, -0.15) is 0 Å². The lowest BCUT2D eigenvalue weighted by Gasteiger charge is -2.11. The Kier molecular flexibility index (Phi) is 4.72. The molecule has 0 aromatic carbocycles. The van der Waals surface area contributed by atoms with Gasteiger partial charge in [0.25, 0.3) is 0 Å². The van der Waals surface area contributed by atoms with Crippen molar-refractivity contribution < 1.29 is 5.11 Å². The third-order valence-corrected chi connectivity index (χ3v) is 1.23. The second kappa shape index (κ2) is 4.77. The van der Waals surface area contributed by atoms with Crippen LogP contribution in [0.3, 0.4) is 0 Å². The summed E-state index contributed by atoms with van der Waals surface area (Å²) >= 11 is 0. The fourth-order valence-corrected chi connectivity index (χ4v) is 0.516. The van der Waals surface area contributed by atoms with E-state index >= 15 is 0 Å². The third-order valence-electron chi connectivity index (χ3n) is 1.23. The van der Waals surface area contributed by atoms with Crippen molar-refractivity contribution >= 4 is 0 Å². The van der Waals surface area contributed by atoms with Gasteiger partial charge in [-0.05, 0) is 6.42 Å². The summed E-state index contributed by atoms with van der Waals surface area (Å²) < 4.78 is 0. The van der Waals surface area contributed by atoms with Gasteiger partial charge in [0, 0.05) is 12.6 Å². The highest BCUT2D eigenvalue weighted by atomic mass is 16.3. The molecule has 0 spiro atoms. The van der Waals surface area contributed by atoms with Crippen LogP contribution < -0.4 is 5.32 Å². The van der Waals surface area contributed by atoms with E-state index in [1.807, 2.05) is 6.92 Å². The van der Waals surface area contributed by atoms with Crippen LogP contribution >= 0.6 is 0 Å². The molecule has 56 valence electrons. The largest absolute Gasteiger partial charge is 0.392 e. The summed E-state index contributed by atoms with van der Waals surface area (Å²) in [6.45, 7) is 6.84. The number of aliphatic hydroxyl groups is 1. The minimum Gasteiger partial charge on any atom is -0.392 e. The molecule has 0 bridgehead atoms. The Balaban J connectivity index is 3.06. The van der Waals surface area contributed by atoms with E-state index in [1.165, 1.54) is 0 Å². The summed E-state index contributed by atoms with van der Waals surface area (Å²) in [4.78, 5) is 0. The lowest BCUT2D eigenvalue weighted by molar-refractivity contribution is 0.164. The van der Waals surface area contributed by atoms with E-state index < -0.39 is 0 Å². The molecule has 0 aliphatic rings. The Morgan fingerprint density at radius 1 is 1.44 bits per heavy atom. The summed E-state index contributed by atoms with van der Waals surface area (Å²) in [5.41, 5.74) is 0. The van der Waals surface area contributed by atoms with Crippen LogP contribution in [-0.2, 0) is 0 Å². The van der Waals surface area contributed by atoms with E-state index in [9.17, 15) is 0 Å². The fraction of sp³-hybridized carbons (Fsp3) is 1.00. The molecule has 0 unspecified atom stereocenters. The molecule has 0 aliphatic heterocycles. The molecule has 9 heavy (non-hydrogen) atoms. The summed E-state index contributed by atoms with van der Waals surface area (Å²) in [6, 6.07) is 0.478. The molecule has 0 saturated carbocycles. The van der Waals surface area contributed by atoms with Crippen molar-refractivity contribution in [1.29, 1.82) is 0 Å². The zero-order chi connectivity index (χ0) is 7.28. The Morgan fingerprint density at radius 3 is 2.33 bits per heavy atom. The highest BCUT2D eigenvalue weighted by Gasteiger charge is 1.99. The van der Waals surface area contributed by atoms with Gasteiger partial charge in [-0.3, -0.25) is 0 Å². The van der Waals surface area contributed by atoms with Gasteiger partial charge in [-0.25, -0.2) is 0 Å². The molecule has 0 amide bonds. The average molecular weight is 131 g/mol. The first kappa shape index (κ1) is 8.92. The van der Waals surface area contributed by atoms with E-state index in [2.05, 4.69) is 19.2 Å². The van der Waals surface area contributed by atoms with Crippen molar-refractivity contribution in [2.45, 2.75) is 39.3 Å². The molecule has 2 heteroatoms. The molecule has 2 nitrogen and oxygen atoms in total. The Labute approximate surface area is 57.3 Å². The van der Waals surface area contributed by atoms with Gasteiger partial charge < -0.3 is 10.4 Å². The van der Waals surface area contributed by atoms with Crippen LogP contribution in [-0.4, -0.2) is 23.8 Å². The maximum Gasteiger partial charge on any atom is 0.0662 e. The summed E-state index contributed by atoms with van der Waals surface area (Å²) in [7, 11) is 0. The molecule has 1 atom stereocenters. The standard InChI is InChI=1S/C7H17NO/c1-4-7(9)5-8-6(2)3/h6-9H,4-5H2,1-3H3/t7-/m0/s1. The first-order chi connectivity index (χ1) is 4.16. The Morgan fingerprint density at radius 2 is 2.00 bits per heavy atom. The molecule has 0 radical (unpaired) electrons. The van der Waals surface area contributed by atoms with E-state index in [0.29, 0.717) is 12.6 Å². The van der Waals surface area contributed by atoms with Crippen LogP contribution in [0.15, 0.2) is 0 Å². The molecule has 0 aromatic heterocycles. The van der Waals surface area contributed by atoms with Crippen molar-refractivity contribution in [3.8, 4) is 0 Å². The van der Waals surface area contributed by atoms with Crippen LogP contribution in [0, 0.1) is 0 Å². The lowest BCUT2D eigenvalue weighted by Crippen LogP contribution is -2.31. The highest BCUT2D eigenvalue weighted by Crippen LogP contribution is 1.87. The Hall–Kier alpha value is -0.0800. The van der Waals surface area contributed by atoms with Gasteiger partial charge in [-0.1, -0.05) is 20.8 Å². The maximum absolute atomic E-state index is 9.04. The van der Waals surface area contributed by atoms with E-state index in [4.69, 9.17) is 5.11 Å². The van der Waals surface area contributed by atoms with Crippen LogP contribution in [0.5, 0.6) is 0 Å². The van der Waals surface area contributed by atoms with Crippen molar-refractivity contribution in [2.75, 3.05) is 6.54 Å². The van der Waals surface area contributed by atoms with Gasteiger partial charge in [0.15, 0.2) is 0 Å². The number of aliphatic hydroxyl groups excluding tert-OH is 1. The van der Waals surface area contributed by atoms with E-state index in [-0.39, 0.29) is 6.10 Å². The third kappa shape index (κ3) is 5.80. The van der Waals surface area contributed by atoms with Crippen LogP contribution in [0.25, 0.3) is 0 Å². The molecule has 0 saturated heterocycles. The van der Waals surface area contributed by atoms with Gasteiger partial charge in [0.1, 0.15) is 0 Å². The molecular formula is C7H17NO. The monoisotopic (exact) mass is 131 g/mol. The zero-order valence-electron chi connectivity index (χ0n) is 6.52. The van der Waals surface area contributed by atoms with Crippen LogP contribution in [0.4, 0.5) is 0 Å². The van der Waals surface area contributed by atoms with Gasteiger partial charge in [0.05, 0.1) is 6.10 Å². The van der Waals surface area contributed by atoms with Crippen molar-refractivity contribution in [3.05, 3.63) is 0 Å². The van der Waals surface area contributed by atoms with Crippen molar-refractivity contribution in [3.63, 3.8) is 0 Å². The quantitative estimate of drug-likeness (QED) is 0.590. The fourth-order valence-electron chi connectivity index (χ4n) is 0.516. The van der Waals surface area contributed by atoms with Crippen LogP contribution in [0.2, 0.25) is 0 Å². The van der Waals surface area contributed by atoms with E-state index in [0.717, 1.165) is 6.42 Å². The lowest BCUT2D eigenvalue weighted by atomic mass is 10.2. The molecule has 0 rings (SSSR count).